The van der Waals surface area contributed by atoms with Crippen LogP contribution in [0.2, 0.25) is 0 Å². The highest BCUT2D eigenvalue weighted by Crippen LogP contribution is 2.03. The highest BCUT2D eigenvalue weighted by molar-refractivity contribution is 6.43. The Morgan fingerprint density at radius 2 is 2.31 bits per heavy atom. The Morgan fingerprint density at radius 3 is 2.92 bits per heavy atom. The summed E-state index contributed by atoms with van der Waals surface area (Å²) in [4.78, 5) is 10.9. The standard InChI is InChI=1S/C10H17N3/c1-4-6-12-10-8-13(3)7-5-9(10)11-2/h4H,1,5-8H2,2-3H3. The molecule has 13 heavy (non-hydrogen) atoms. The molecule has 1 heterocycles. The van der Waals surface area contributed by atoms with Gasteiger partial charge in [0.05, 0.1) is 18.0 Å². The number of hydrogen-bond acceptors (Lipinski definition) is 3. The number of aliphatic imine (C=N–C) groups is 2. The lowest BCUT2D eigenvalue weighted by Gasteiger charge is -2.24. The average Bonchev–Trinajstić information content (AvgIpc) is 2.15. The van der Waals surface area contributed by atoms with Gasteiger partial charge in [0.25, 0.3) is 0 Å². The molecule has 0 amide bonds. The van der Waals surface area contributed by atoms with Gasteiger partial charge in [-0.2, -0.15) is 0 Å². The molecule has 0 aliphatic carbocycles. The molecule has 1 saturated heterocycles. The first-order chi connectivity index (χ1) is 6.27. The summed E-state index contributed by atoms with van der Waals surface area (Å²) < 4.78 is 0. The van der Waals surface area contributed by atoms with Crippen LogP contribution < -0.4 is 0 Å². The third-order valence-corrected chi connectivity index (χ3v) is 2.16. The normalized spacial score (nSPS) is 25.4. The zero-order chi connectivity index (χ0) is 9.68. The summed E-state index contributed by atoms with van der Waals surface area (Å²) in [5, 5.41) is 0. The maximum absolute atomic E-state index is 4.43. The van der Waals surface area contributed by atoms with Crippen LogP contribution in [-0.4, -0.2) is 50.1 Å². The van der Waals surface area contributed by atoms with E-state index in [0.717, 1.165) is 30.9 Å². The molecule has 0 radical (unpaired) electrons. The molecule has 0 unspecified atom stereocenters. The fourth-order valence-electron chi connectivity index (χ4n) is 1.42. The van der Waals surface area contributed by atoms with Crippen LogP contribution >= 0.6 is 0 Å². The maximum Gasteiger partial charge on any atom is 0.0702 e. The van der Waals surface area contributed by atoms with Gasteiger partial charge in [0, 0.05) is 26.6 Å². The first-order valence-electron chi connectivity index (χ1n) is 4.56. The Bertz CT molecular complexity index is 241. The third-order valence-electron chi connectivity index (χ3n) is 2.16. The molecule has 0 atom stereocenters. The van der Waals surface area contributed by atoms with Gasteiger partial charge in [-0.15, -0.1) is 6.58 Å². The summed E-state index contributed by atoms with van der Waals surface area (Å²) in [6.45, 7) is 6.35. The van der Waals surface area contributed by atoms with Crippen LogP contribution in [0.1, 0.15) is 6.42 Å². The van der Waals surface area contributed by atoms with Gasteiger partial charge in [0.1, 0.15) is 0 Å². The zero-order valence-corrected chi connectivity index (χ0v) is 8.45. The van der Waals surface area contributed by atoms with E-state index >= 15 is 0 Å². The van der Waals surface area contributed by atoms with Crippen LogP contribution in [0, 0.1) is 0 Å². The SMILES string of the molecule is C=CCN=C1CN(C)CCC1=NC. The van der Waals surface area contributed by atoms with E-state index in [1.165, 1.54) is 0 Å². The summed E-state index contributed by atoms with van der Waals surface area (Å²) in [5.41, 5.74) is 2.27. The summed E-state index contributed by atoms with van der Waals surface area (Å²) in [6.07, 6.45) is 2.83. The van der Waals surface area contributed by atoms with Crippen LogP contribution in [0.25, 0.3) is 0 Å². The Kier molecular flexibility index (Phi) is 3.83. The quantitative estimate of drug-likeness (QED) is 0.582. The zero-order valence-electron chi connectivity index (χ0n) is 8.45. The summed E-state index contributed by atoms with van der Waals surface area (Å²) >= 11 is 0. The van der Waals surface area contributed by atoms with Gasteiger partial charge < -0.3 is 4.90 Å². The second-order valence-corrected chi connectivity index (χ2v) is 3.23. The molecule has 0 N–H and O–H groups in total. The van der Waals surface area contributed by atoms with E-state index in [1.54, 1.807) is 0 Å². The molecule has 0 spiro atoms. The van der Waals surface area contributed by atoms with Crippen LogP contribution in [-0.2, 0) is 0 Å². The molecule has 0 bridgehead atoms. The molecule has 1 fully saturated rings. The number of likely N-dealkylation sites (tertiary alicyclic amines) is 1. The molecule has 1 aliphatic rings. The fraction of sp³-hybridized carbons (Fsp3) is 0.600. The van der Waals surface area contributed by atoms with E-state index in [4.69, 9.17) is 0 Å². The largest absolute Gasteiger partial charge is 0.300 e. The molecule has 0 aromatic rings. The predicted octanol–water partition coefficient (Wildman–Crippen LogP) is 1.02. The van der Waals surface area contributed by atoms with Gasteiger partial charge in [0.15, 0.2) is 0 Å². The van der Waals surface area contributed by atoms with Crippen molar-refractivity contribution in [1.29, 1.82) is 0 Å². The smallest absolute Gasteiger partial charge is 0.0702 e. The second kappa shape index (κ2) is 4.92. The highest BCUT2D eigenvalue weighted by Gasteiger charge is 2.16. The van der Waals surface area contributed by atoms with Gasteiger partial charge in [-0.05, 0) is 7.05 Å². The fourth-order valence-corrected chi connectivity index (χ4v) is 1.42. The second-order valence-electron chi connectivity index (χ2n) is 3.23. The summed E-state index contributed by atoms with van der Waals surface area (Å²) in [7, 11) is 3.94. The Labute approximate surface area is 79.9 Å². The molecule has 0 saturated carbocycles. The lowest BCUT2D eigenvalue weighted by Crippen LogP contribution is -2.39. The van der Waals surface area contributed by atoms with E-state index < -0.39 is 0 Å². The number of hydrogen-bond donors (Lipinski definition) is 0. The maximum atomic E-state index is 4.43. The lowest BCUT2D eigenvalue weighted by molar-refractivity contribution is 0.385. The molecule has 3 nitrogen and oxygen atoms in total. The minimum atomic E-state index is 0.697. The van der Waals surface area contributed by atoms with Crippen molar-refractivity contribution in [2.75, 3.05) is 33.7 Å². The first kappa shape index (κ1) is 10.1. The number of rotatable bonds is 2. The van der Waals surface area contributed by atoms with Crippen molar-refractivity contribution in [1.82, 2.24) is 4.90 Å². The van der Waals surface area contributed by atoms with Crippen molar-refractivity contribution in [3.05, 3.63) is 12.7 Å². The van der Waals surface area contributed by atoms with Crippen LogP contribution in [0.4, 0.5) is 0 Å². The van der Waals surface area contributed by atoms with E-state index in [1.807, 2.05) is 13.1 Å². The number of nitrogens with zero attached hydrogens (tertiary/aromatic N) is 3. The molecule has 1 rings (SSSR count). The van der Waals surface area contributed by atoms with E-state index in [0.29, 0.717) is 6.54 Å². The monoisotopic (exact) mass is 179 g/mol. The molecule has 72 valence electrons. The summed E-state index contributed by atoms with van der Waals surface area (Å²) in [5.74, 6) is 0. The van der Waals surface area contributed by atoms with Crippen molar-refractivity contribution in [2.45, 2.75) is 6.42 Å². The Morgan fingerprint density at radius 1 is 1.54 bits per heavy atom. The number of piperidine rings is 1. The molecule has 0 aromatic carbocycles. The molecular weight excluding hydrogens is 162 g/mol. The molecule has 1 aliphatic heterocycles. The molecule has 3 heteroatoms. The van der Waals surface area contributed by atoms with Crippen LogP contribution in [0.5, 0.6) is 0 Å². The third kappa shape index (κ3) is 2.77. The lowest BCUT2D eigenvalue weighted by atomic mass is 10.1. The van der Waals surface area contributed by atoms with Gasteiger partial charge in [0.2, 0.25) is 0 Å². The van der Waals surface area contributed by atoms with Crippen molar-refractivity contribution in [3.8, 4) is 0 Å². The van der Waals surface area contributed by atoms with Crippen LogP contribution in [0.15, 0.2) is 22.6 Å². The first-order valence-corrected chi connectivity index (χ1v) is 4.56. The van der Waals surface area contributed by atoms with Crippen LogP contribution in [0.3, 0.4) is 0 Å². The van der Waals surface area contributed by atoms with Crippen molar-refractivity contribution in [3.63, 3.8) is 0 Å². The minimum absolute atomic E-state index is 0.697. The van der Waals surface area contributed by atoms with Crippen molar-refractivity contribution < 1.29 is 0 Å². The van der Waals surface area contributed by atoms with Gasteiger partial charge in [-0.3, -0.25) is 9.98 Å². The van der Waals surface area contributed by atoms with Gasteiger partial charge >= 0.3 is 0 Å². The highest BCUT2D eigenvalue weighted by atomic mass is 15.1. The average molecular weight is 179 g/mol. The Balaban J connectivity index is 2.70. The van der Waals surface area contributed by atoms with Gasteiger partial charge in [-0.25, -0.2) is 0 Å². The molecule has 0 aromatic heterocycles. The Hall–Kier alpha value is -0.960. The predicted molar refractivity (Wildman–Crippen MR) is 58.0 cm³/mol. The molecular formula is C10H17N3. The van der Waals surface area contributed by atoms with Crippen molar-refractivity contribution >= 4 is 11.4 Å². The van der Waals surface area contributed by atoms with Crippen molar-refractivity contribution in [2.24, 2.45) is 9.98 Å². The van der Waals surface area contributed by atoms with Gasteiger partial charge in [-0.1, -0.05) is 6.08 Å². The minimum Gasteiger partial charge on any atom is -0.300 e. The van der Waals surface area contributed by atoms with E-state index in [9.17, 15) is 0 Å². The van der Waals surface area contributed by atoms with E-state index in [2.05, 4.69) is 28.5 Å². The summed E-state index contributed by atoms with van der Waals surface area (Å²) in [6, 6.07) is 0. The topological polar surface area (TPSA) is 28.0 Å². The van der Waals surface area contributed by atoms with E-state index in [-0.39, 0.29) is 0 Å².